The molecule has 0 saturated heterocycles. The monoisotopic (exact) mass is 514 g/mol. The minimum atomic E-state index is -3.91. The third-order valence-electron chi connectivity index (χ3n) is 5.39. The highest BCUT2D eigenvalue weighted by Crippen LogP contribution is 2.23. The first kappa shape index (κ1) is 25.6. The van der Waals surface area contributed by atoms with Gasteiger partial charge in [0.05, 0.1) is 12.0 Å². The lowest BCUT2D eigenvalue weighted by molar-refractivity contribution is -0.111. The molecule has 1 aromatic heterocycles. The van der Waals surface area contributed by atoms with E-state index in [0.29, 0.717) is 22.6 Å². The quantitative estimate of drug-likeness (QED) is 0.251. The van der Waals surface area contributed by atoms with Crippen LogP contribution in [0.15, 0.2) is 89.8 Å². The minimum Gasteiger partial charge on any atom is -0.497 e. The fourth-order valence-corrected chi connectivity index (χ4v) is 4.57. The highest BCUT2D eigenvalue weighted by atomic mass is 32.2. The second-order valence-corrected chi connectivity index (χ2v) is 9.94. The molecule has 4 aromatic rings. The lowest BCUT2D eigenvalue weighted by Crippen LogP contribution is -2.16. The van der Waals surface area contributed by atoms with Crippen molar-refractivity contribution < 1.29 is 17.9 Å². The summed E-state index contributed by atoms with van der Waals surface area (Å²) in [4.78, 5) is 21.5. The van der Waals surface area contributed by atoms with Gasteiger partial charge in [0, 0.05) is 22.6 Å². The van der Waals surface area contributed by atoms with Crippen LogP contribution in [0.4, 0.5) is 11.6 Å². The van der Waals surface area contributed by atoms with Crippen molar-refractivity contribution in [3.8, 4) is 5.75 Å². The average Bonchev–Trinajstić information content (AvgIpc) is 2.87. The number of amides is 1. The van der Waals surface area contributed by atoms with E-state index in [1.807, 2.05) is 54.6 Å². The van der Waals surface area contributed by atoms with Gasteiger partial charge < -0.3 is 10.1 Å². The number of hydrogen-bond acceptors (Lipinski definition) is 6. The number of rotatable bonds is 8. The average molecular weight is 515 g/mol. The Kier molecular flexibility index (Phi) is 7.64. The maximum Gasteiger partial charge on any atom is 0.264 e. The first-order valence-corrected chi connectivity index (χ1v) is 12.9. The van der Waals surface area contributed by atoms with Crippen molar-refractivity contribution in [2.45, 2.75) is 18.7 Å². The Morgan fingerprint density at radius 1 is 0.865 bits per heavy atom. The zero-order chi connectivity index (χ0) is 26.4. The van der Waals surface area contributed by atoms with Gasteiger partial charge in [-0.3, -0.25) is 4.79 Å². The van der Waals surface area contributed by atoms with Crippen LogP contribution in [-0.4, -0.2) is 31.4 Å². The van der Waals surface area contributed by atoms with E-state index in [1.54, 1.807) is 33.1 Å². The fraction of sp³-hybridized carbons (Fsp3) is 0.107. The van der Waals surface area contributed by atoms with Crippen LogP contribution in [-0.2, 0) is 14.8 Å². The number of benzene rings is 3. The van der Waals surface area contributed by atoms with Crippen molar-refractivity contribution in [1.29, 1.82) is 0 Å². The van der Waals surface area contributed by atoms with Crippen molar-refractivity contribution >= 4 is 39.2 Å². The highest BCUT2D eigenvalue weighted by Gasteiger charge is 2.17. The Bertz CT molecular complexity index is 1510. The highest BCUT2D eigenvalue weighted by molar-refractivity contribution is 7.92. The number of nitrogens with one attached hydrogen (secondary N) is 2. The Morgan fingerprint density at radius 2 is 1.49 bits per heavy atom. The van der Waals surface area contributed by atoms with E-state index in [9.17, 15) is 13.2 Å². The third-order valence-corrected chi connectivity index (χ3v) is 6.73. The number of nitrogens with zero attached hydrogens (tertiary/aromatic N) is 2. The van der Waals surface area contributed by atoms with Gasteiger partial charge in [-0.05, 0) is 73.5 Å². The molecule has 9 heteroatoms. The van der Waals surface area contributed by atoms with Crippen molar-refractivity contribution in [2.75, 3.05) is 17.1 Å². The molecule has 188 valence electrons. The fourth-order valence-electron chi connectivity index (χ4n) is 3.63. The second kappa shape index (κ2) is 11.0. The molecule has 4 rings (SSSR count). The summed E-state index contributed by atoms with van der Waals surface area (Å²) in [7, 11) is -2.31. The van der Waals surface area contributed by atoms with Gasteiger partial charge in [0.1, 0.15) is 5.75 Å². The Hall–Kier alpha value is -4.50. The molecule has 37 heavy (non-hydrogen) atoms. The summed E-state index contributed by atoms with van der Waals surface area (Å²) in [5.74, 6) is 0.391. The number of anilines is 2. The smallest absolute Gasteiger partial charge is 0.264 e. The lowest BCUT2D eigenvalue weighted by Gasteiger charge is -2.11. The van der Waals surface area contributed by atoms with Crippen molar-refractivity contribution in [3.05, 3.63) is 107 Å². The van der Waals surface area contributed by atoms with Gasteiger partial charge in [-0.25, -0.2) is 23.1 Å². The summed E-state index contributed by atoms with van der Waals surface area (Å²) in [5.41, 5.74) is 3.78. The van der Waals surface area contributed by atoms with Gasteiger partial charge in [-0.15, -0.1) is 0 Å². The van der Waals surface area contributed by atoms with Crippen LogP contribution in [0.3, 0.4) is 0 Å². The number of methoxy groups -OCH3 is 1. The van der Waals surface area contributed by atoms with Gasteiger partial charge in [0.25, 0.3) is 15.9 Å². The topological polar surface area (TPSA) is 110 Å². The molecule has 3 aromatic carbocycles. The molecular weight excluding hydrogens is 488 g/mol. The molecule has 0 atom stereocenters. The molecule has 0 bridgehead atoms. The first-order valence-electron chi connectivity index (χ1n) is 11.4. The zero-order valence-electron chi connectivity index (χ0n) is 20.6. The molecule has 0 fully saturated rings. The van der Waals surface area contributed by atoms with Crippen LogP contribution >= 0.6 is 0 Å². The standard InChI is InChI=1S/C28H26N4O4S/c1-19-17-20(2)30-28(29-19)32-37(34,35)25-15-11-23(12-16-25)31-27(33)26(22-7-5-4-6-8-22)18-21-9-13-24(36-3)14-10-21/h4-18H,1-3H3,(H,31,33)(H,29,30,32)/b26-18+. The summed E-state index contributed by atoms with van der Waals surface area (Å²) >= 11 is 0. The molecule has 0 aliphatic heterocycles. The maximum atomic E-state index is 13.3. The lowest BCUT2D eigenvalue weighted by atomic mass is 10.0. The Labute approximate surface area is 216 Å². The molecule has 0 saturated carbocycles. The summed E-state index contributed by atoms with van der Waals surface area (Å²) in [5, 5.41) is 2.85. The number of aryl methyl sites for hydroxylation is 2. The van der Waals surface area contributed by atoms with Gasteiger partial charge in [0.2, 0.25) is 5.95 Å². The molecule has 8 nitrogen and oxygen atoms in total. The van der Waals surface area contributed by atoms with E-state index in [0.717, 1.165) is 16.9 Å². The molecule has 0 aliphatic rings. The number of sulfonamides is 1. The van der Waals surface area contributed by atoms with E-state index >= 15 is 0 Å². The van der Waals surface area contributed by atoms with Gasteiger partial charge in [-0.1, -0.05) is 42.5 Å². The van der Waals surface area contributed by atoms with Crippen molar-refractivity contribution in [1.82, 2.24) is 9.97 Å². The van der Waals surface area contributed by atoms with Crippen LogP contribution in [0.25, 0.3) is 11.6 Å². The zero-order valence-corrected chi connectivity index (χ0v) is 21.4. The van der Waals surface area contributed by atoms with Crippen LogP contribution in [0, 0.1) is 13.8 Å². The maximum absolute atomic E-state index is 13.3. The molecule has 0 aliphatic carbocycles. The van der Waals surface area contributed by atoms with Crippen LogP contribution < -0.4 is 14.8 Å². The second-order valence-electron chi connectivity index (χ2n) is 8.26. The van der Waals surface area contributed by atoms with Gasteiger partial charge in [-0.2, -0.15) is 0 Å². The predicted octanol–water partition coefficient (Wildman–Crippen LogP) is 5.08. The summed E-state index contributed by atoms with van der Waals surface area (Å²) in [6.07, 6.45) is 1.79. The largest absolute Gasteiger partial charge is 0.497 e. The molecule has 2 N–H and O–H groups in total. The van der Waals surface area contributed by atoms with Crippen LogP contribution in [0.1, 0.15) is 22.5 Å². The van der Waals surface area contributed by atoms with E-state index in [-0.39, 0.29) is 16.8 Å². The number of hydrogen-bond donors (Lipinski definition) is 2. The van der Waals surface area contributed by atoms with Crippen molar-refractivity contribution in [2.24, 2.45) is 0 Å². The molecule has 1 heterocycles. The number of carbonyl (C=O) groups excluding carboxylic acids is 1. The third kappa shape index (κ3) is 6.59. The van der Waals surface area contributed by atoms with Crippen LogP contribution in [0.5, 0.6) is 5.75 Å². The molecule has 0 spiro atoms. The van der Waals surface area contributed by atoms with E-state index in [2.05, 4.69) is 20.0 Å². The number of carbonyl (C=O) groups is 1. The first-order chi connectivity index (χ1) is 17.7. The molecule has 1 amide bonds. The predicted molar refractivity (Wildman–Crippen MR) is 145 cm³/mol. The summed E-state index contributed by atoms with van der Waals surface area (Å²) < 4.78 is 33.2. The van der Waals surface area contributed by atoms with E-state index < -0.39 is 10.0 Å². The van der Waals surface area contributed by atoms with E-state index in [4.69, 9.17) is 4.74 Å². The number of ether oxygens (including phenoxy) is 1. The SMILES string of the molecule is COc1ccc(/C=C(/C(=O)Nc2ccc(S(=O)(=O)Nc3nc(C)cc(C)n3)cc2)c2ccccc2)cc1. The Balaban J connectivity index is 1.55. The molecule has 0 radical (unpaired) electrons. The number of aromatic nitrogens is 2. The summed E-state index contributed by atoms with van der Waals surface area (Å²) in [6.45, 7) is 3.52. The minimum absolute atomic E-state index is 0.00560. The summed E-state index contributed by atoms with van der Waals surface area (Å²) in [6, 6.07) is 24.3. The van der Waals surface area contributed by atoms with Gasteiger partial charge >= 0.3 is 0 Å². The molecule has 0 unspecified atom stereocenters. The van der Waals surface area contributed by atoms with Crippen molar-refractivity contribution in [3.63, 3.8) is 0 Å². The van der Waals surface area contributed by atoms with Crippen LogP contribution in [0.2, 0.25) is 0 Å². The normalized spacial score (nSPS) is 11.6. The molecular formula is C28H26N4O4S. The van der Waals surface area contributed by atoms with Gasteiger partial charge in [0.15, 0.2) is 0 Å². The Morgan fingerprint density at radius 3 is 2.08 bits per heavy atom. The van der Waals surface area contributed by atoms with E-state index in [1.165, 1.54) is 24.3 Å².